The van der Waals surface area contributed by atoms with Gasteiger partial charge in [-0.1, -0.05) is 30.3 Å². The maximum atomic E-state index is 5.69. The summed E-state index contributed by atoms with van der Waals surface area (Å²) in [6.45, 7) is 6.35. The van der Waals surface area contributed by atoms with E-state index in [9.17, 15) is 0 Å². The van der Waals surface area contributed by atoms with E-state index in [2.05, 4.69) is 19.1 Å². The van der Waals surface area contributed by atoms with Gasteiger partial charge in [-0.25, -0.2) is 0 Å². The molecule has 1 rings (SSSR count). The van der Waals surface area contributed by atoms with Crippen molar-refractivity contribution < 1.29 is 9.47 Å². The first-order valence-electron chi connectivity index (χ1n) is 5.56. The highest BCUT2D eigenvalue weighted by molar-refractivity contribution is 5.13. The number of benzene rings is 1. The van der Waals surface area contributed by atoms with Crippen molar-refractivity contribution in [2.24, 2.45) is 0 Å². The van der Waals surface area contributed by atoms with Crippen LogP contribution in [-0.4, -0.2) is 19.3 Å². The standard InChI is InChI=1S/C13H20O2/c1-3-14-10-9-12(2)15-11-13-7-5-4-6-8-13/h4-8,12H,3,9-11H2,1-2H3. The summed E-state index contributed by atoms with van der Waals surface area (Å²) in [6.07, 6.45) is 1.22. The van der Waals surface area contributed by atoms with Gasteiger partial charge in [0.1, 0.15) is 0 Å². The van der Waals surface area contributed by atoms with E-state index >= 15 is 0 Å². The first kappa shape index (κ1) is 12.2. The van der Waals surface area contributed by atoms with E-state index in [1.54, 1.807) is 0 Å². The summed E-state index contributed by atoms with van der Waals surface area (Å²) in [4.78, 5) is 0. The number of rotatable bonds is 7. The van der Waals surface area contributed by atoms with Crippen LogP contribution >= 0.6 is 0 Å². The molecular formula is C13H20O2. The first-order chi connectivity index (χ1) is 7.33. The summed E-state index contributed by atoms with van der Waals surface area (Å²) in [5.74, 6) is 0. The molecule has 1 aromatic carbocycles. The molecule has 0 fully saturated rings. The lowest BCUT2D eigenvalue weighted by Gasteiger charge is -2.12. The van der Waals surface area contributed by atoms with Gasteiger partial charge in [-0.15, -0.1) is 0 Å². The topological polar surface area (TPSA) is 18.5 Å². The molecule has 1 aromatic rings. The normalized spacial score (nSPS) is 12.7. The zero-order valence-corrected chi connectivity index (χ0v) is 9.61. The Balaban J connectivity index is 2.14. The van der Waals surface area contributed by atoms with Gasteiger partial charge in [0.2, 0.25) is 0 Å². The summed E-state index contributed by atoms with van der Waals surface area (Å²) in [5, 5.41) is 0. The Bertz CT molecular complexity index is 246. The fraction of sp³-hybridized carbons (Fsp3) is 0.538. The summed E-state index contributed by atoms with van der Waals surface area (Å²) in [6, 6.07) is 10.2. The minimum atomic E-state index is 0.261. The van der Waals surface area contributed by atoms with Crippen LogP contribution in [0, 0.1) is 0 Å². The van der Waals surface area contributed by atoms with Crippen molar-refractivity contribution >= 4 is 0 Å². The lowest BCUT2D eigenvalue weighted by Crippen LogP contribution is -2.11. The second-order valence-corrected chi connectivity index (χ2v) is 3.59. The number of ether oxygens (including phenoxy) is 2. The van der Waals surface area contributed by atoms with E-state index in [4.69, 9.17) is 9.47 Å². The molecule has 0 N–H and O–H groups in total. The fourth-order valence-corrected chi connectivity index (χ4v) is 1.29. The molecule has 1 atom stereocenters. The Labute approximate surface area is 92.2 Å². The van der Waals surface area contributed by atoms with Crippen LogP contribution in [0.5, 0.6) is 0 Å². The molecule has 0 radical (unpaired) electrons. The van der Waals surface area contributed by atoms with Crippen molar-refractivity contribution in [1.29, 1.82) is 0 Å². The van der Waals surface area contributed by atoms with Crippen LogP contribution in [0.2, 0.25) is 0 Å². The van der Waals surface area contributed by atoms with Gasteiger partial charge in [-0.3, -0.25) is 0 Å². The van der Waals surface area contributed by atoms with Gasteiger partial charge >= 0.3 is 0 Å². The average molecular weight is 208 g/mol. The molecule has 15 heavy (non-hydrogen) atoms. The molecule has 0 bridgehead atoms. The molecular weight excluding hydrogens is 188 g/mol. The molecule has 0 aliphatic rings. The molecule has 2 nitrogen and oxygen atoms in total. The van der Waals surface area contributed by atoms with Crippen LogP contribution in [-0.2, 0) is 16.1 Å². The van der Waals surface area contributed by atoms with Crippen LogP contribution < -0.4 is 0 Å². The van der Waals surface area contributed by atoms with Gasteiger partial charge in [0, 0.05) is 13.2 Å². The van der Waals surface area contributed by atoms with Crippen molar-refractivity contribution in [1.82, 2.24) is 0 Å². The molecule has 0 heterocycles. The summed E-state index contributed by atoms with van der Waals surface area (Å²) in [5.41, 5.74) is 1.22. The van der Waals surface area contributed by atoms with E-state index in [-0.39, 0.29) is 6.10 Å². The molecule has 0 saturated heterocycles. The van der Waals surface area contributed by atoms with Gasteiger partial charge in [-0.2, -0.15) is 0 Å². The molecule has 0 aliphatic heterocycles. The maximum Gasteiger partial charge on any atom is 0.0720 e. The van der Waals surface area contributed by atoms with Gasteiger partial charge in [-0.05, 0) is 25.8 Å². The highest BCUT2D eigenvalue weighted by atomic mass is 16.5. The Morgan fingerprint density at radius 3 is 2.60 bits per heavy atom. The summed E-state index contributed by atoms with van der Waals surface area (Å²) >= 11 is 0. The van der Waals surface area contributed by atoms with Crippen LogP contribution in [0.1, 0.15) is 25.8 Å². The molecule has 2 heteroatoms. The van der Waals surface area contributed by atoms with E-state index in [1.165, 1.54) is 5.56 Å². The van der Waals surface area contributed by atoms with Gasteiger partial charge in [0.25, 0.3) is 0 Å². The van der Waals surface area contributed by atoms with Crippen molar-refractivity contribution in [3.63, 3.8) is 0 Å². The van der Waals surface area contributed by atoms with Gasteiger partial charge in [0.05, 0.1) is 12.7 Å². The zero-order chi connectivity index (χ0) is 10.9. The van der Waals surface area contributed by atoms with Crippen molar-refractivity contribution in [3.05, 3.63) is 35.9 Å². The van der Waals surface area contributed by atoms with Crippen molar-refractivity contribution in [2.75, 3.05) is 13.2 Å². The molecule has 0 spiro atoms. The summed E-state index contributed by atoms with van der Waals surface area (Å²) < 4.78 is 11.0. The largest absolute Gasteiger partial charge is 0.382 e. The third kappa shape index (κ3) is 5.55. The SMILES string of the molecule is CCOCCC(C)OCc1ccccc1. The predicted molar refractivity (Wildman–Crippen MR) is 61.8 cm³/mol. The van der Waals surface area contributed by atoms with Crippen LogP contribution in [0.3, 0.4) is 0 Å². The average Bonchev–Trinajstić information content (AvgIpc) is 2.28. The molecule has 0 aromatic heterocycles. The van der Waals surface area contributed by atoms with E-state index in [1.807, 2.05) is 25.1 Å². The molecule has 0 amide bonds. The lowest BCUT2D eigenvalue weighted by molar-refractivity contribution is 0.0240. The molecule has 84 valence electrons. The highest BCUT2D eigenvalue weighted by Gasteiger charge is 2.01. The molecule has 0 saturated carbocycles. The summed E-state index contributed by atoms with van der Waals surface area (Å²) in [7, 11) is 0. The predicted octanol–water partition coefficient (Wildman–Crippen LogP) is 3.02. The van der Waals surface area contributed by atoms with Crippen LogP contribution in [0.4, 0.5) is 0 Å². The Hall–Kier alpha value is -0.860. The highest BCUT2D eigenvalue weighted by Crippen LogP contribution is 2.05. The zero-order valence-electron chi connectivity index (χ0n) is 9.61. The lowest BCUT2D eigenvalue weighted by atomic mass is 10.2. The quantitative estimate of drug-likeness (QED) is 0.641. The van der Waals surface area contributed by atoms with E-state index in [0.29, 0.717) is 6.61 Å². The second kappa shape index (κ2) is 7.43. The van der Waals surface area contributed by atoms with Crippen LogP contribution in [0.15, 0.2) is 30.3 Å². The van der Waals surface area contributed by atoms with Gasteiger partial charge < -0.3 is 9.47 Å². The Kier molecular flexibility index (Phi) is 6.05. The van der Waals surface area contributed by atoms with Crippen LogP contribution in [0.25, 0.3) is 0 Å². The monoisotopic (exact) mass is 208 g/mol. The van der Waals surface area contributed by atoms with E-state index < -0.39 is 0 Å². The van der Waals surface area contributed by atoms with E-state index in [0.717, 1.165) is 19.6 Å². The Morgan fingerprint density at radius 1 is 1.20 bits per heavy atom. The first-order valence-corrected chi connectivity index (χ1v) is 5.56. The number of hydrogen-bond donors (Lipinski definition) is 0. The second-order valence-electron chi connectivity index (χ2n) is 3.59. The minimum Gasteiger partial charge on any atom is -0.382 e. The maximum absolute atomic E-state index is 5.69. The third-order valence-corrected chi connectivity index (χ3v) is 2.25. The van der Waals surface area contributed by atoms with Gasteiger partial charge in [0.15, 0.2) is 0 Å². The Morgan fingerprint density at radius 2 is 1.93 bits per heavy atom. The molecule has 0 aliphatic carbocycles. The van der Waals surface area contributed by atoms with Crippen molar-refractivity contribution in [3.8, 4) is 0 Å². The fourth-order valence-electron chi connectivity index (χ4n) is 1.29. The molecule has 1 unspecified atom stereocenters. The smallest absolute Gasteiger partial charge is 0.0720 e. The minimum absolute atomic E-state index is 0.261. The van der Waals surface area contributed by atoms with Crippen molar-refractivity contribution in [2.45, 2.75) is 33.0 Å². The number of hydrogen-bond acceptors (Lipinski definition) is 2. The third-order valence-electron chi connectivity index (χ3n) is 2.25.